The third-order valence-electron chi connectivity index (χ3n) is 3.40. The maximum atomic E-state index is 11.8. The average Bonchev–Trinajstić information content (AvgIpc) is 3.15. The number of carbonyl (C=O) groups excluding carboxylic acids is 2. The molecule has 136 valence electrons. The fourth-order valence-corrected chi connectivity index (χ4v) is 2.18. The monoisotopic (exact) mass is 362 g/mol. The highest BCUT2D eigenvalue weighted by Gasteiger charge is 2.22. The standard InChI is InChI=1S/C16H14N2O8/c19-14(9-24-16(20)13-5-6-15(26-13)18(21)22)17-7-10-8-23-11-3-1-2-4-12(11)25-10/h1-6,10H,7-9H2,(H,17,19). The van der Waals surface area contributed by atoms with Crippen molar-refractivity contribution < 1.29 is 33.1 Å². The SMILES string of the molecule is O=C(COC(=O)c1ccc([N+](=O)[O-])o1)NCC1COc2ccccc2O1. The van der Waals surface area contributed by atoms with Crippen molar-refractivity contribution in [3.05, 3.63) is 52.3 Å². The molecule has 1 amide bonds. The highest BCUT2D eigenvalue weighted by molar-refractivity contribution is 5.89. The van der Waals surface area contributed by atoms with Crippen LogP contribution in [0, 0.1) is 10.1 Å². The normalized spacial score (nSPS) is 15.2. The molecule has 0 aliphatic carbocycles. The Kier molecular flexibility index (Phi) is 5.02. The third-order valence-corrected chi connectivity index (χ3v) is 3.40. The summed E-state index contributed by atoms with van der Waals surface area (Å²) in [6.07, 6.45) is -0.378. The first-order valence-corrected chi connectivity index (χ1v) is 7.59. The zero-order chi connectivity index (χ0) is 18.5. The Balaban J connectivity index is 1.42. The van der Waals surface area contributed by atoms with Crippen molar-refractivity contribution >= 4 is 17.8 Å². The molecular weight excluding hydrogens is 348 g/mol. The molecule has 3 rings (SSSR count). The number of benzene rings is 1. The van der Waals surface area contributed by atoms with E-state index in [0.717, 1.165) is 12.1 Å². The molecule has 0 saturated heterocycles. The Morgan fingerprint density at radius 2 is 2.00 bits per heavy atom. The minimum atomic E-state index is -0.973. The van der Waals surface area contributed by atoms with Gasteiger partial charge in [-0.15, -0.1) is 0 Å². The lowest BCUT2D eigenvalue weighted by molar-refractivity contribution is -0.402. The summed E-state index contributed by atoms with van der Waals surface area (Å²) in [5, 5.41) is 13.0. The smallest absolute Gasteiger partial charge is 0.433 e. The van der Waals surface area contributed by atoms with Gasteiger partial charge in [0.1, 0.15) is 17.6 Å². The van der Waals surface area contributed by atoms with Gasteiger partial charge in [-0.1, -0.05) is 12.1 Å². The predicted molar refractivity (Wildman–Crippen MR) is 85.0 cm³/mol. The maximum Gasteiger partial charge on any atom is 0.433 e. The van der Waals surface area contributed by atoms with Gasteiger partial charge in [0.15, 0.2) is 18.1 Å². The number of amides is 1. The Labute approximate surface area is 146 Å². The number of nitrogens with one attached hydrogen (secondary N) is 1. The van der Waals surface area contributed by atoms with E-state index in [-0.39, 0.29) is 25.0 Å². The predicted octanol–water partition coefficient (Wildman–Crippen LogP) is 1.30. The van der Waals surface area contributed by atoms with Crippen LogP contribution < -0.4 is 14.8 Å². The van der Waals surface area contributed by atoms with Gasteiger partial charge in [-0.2, -0.15) is 0 Å². The van der Waals surface area contributed by atoms with Gasteiger partial charge < -0.3 is 23.9 Å². The highest BCUT2D eigenvalue weighted by atomic mass is 16.7. The van der Waals surface area contributed by atoms with Crippen LogP contribution in [0.3, 0.4) is 0 Å². The number of hydrogen-bond acceptors (Lipinski definition) is 8. The van der Waals surface area contributed by atoms with Crippen LogP contribution in [-0.4, -0.2) is 42.7 Å². The second-order valence-electron chi connectivity index (χ2n) is 5.27. The summed E-state index contributed by atoms with van der Waals surface area (Å²) < 4.78 is 20.6. The fourth-order valence-electron chi connectivity index (χ4n) is 2.18. The van der Waals surface area contributed by atoms with Crippen molar-refractivity contribution in [2.75, 3.05) is 19.8 Å². The summed E-state index contributed by atoms with van der Waals surface area (Å²) in [6, 6.07) is 9.29. The Bertz CT molecular complexity index is 831. The van der Waals surface area contributed by atoms with Crippen LogP contribution in [0.1, 0.15) is 10.6 Å². The van der Waals surface area contributed by atoms with Crippen LogP contribution in [0.5, 0.6) is 11.5 Å². The molecule has 1 atom stereocenters. The molecule has 1 aromatic carbocycles. The molecule has 26 heavy (non-hydrogen) atoms. The zero-order valence-corrected chi connectivity index (χ0v) is 13.4. The molecule has 1 aliphatic heterocycles. The first kappa shape index (κ1) is 17.3. The molecule has 0 spiro atoms. The summed E-state index contributed by atoms with van der Waals surface area (Å²) in [4.78, 5) is 33.1. The van der Waals surface area contributed by atoms with E-state index in [2.05, 4.69) is 9.73 Å². The second kappa shape index (κ2) is 7.55. The highest BCUT2D eigenvalue weighted by Crippen LogP contribution is 2.30. The number of fused-ring (bicyclic) bond motifs is 1. The van der Waals surface area contributed by atoms with E-state index in [0.29, 0.717) is 11.5 Å². The van der Waals surface area contributed by atoms with E-state index >= 15 is 0 Å². The van der Waals surface area contributed by atoms with Gasteiger partial charge in [0.2, 0.25) is 5.76 Å². The van der Waals surface area contributed by atoms with E-state index in [9.17, 15) is 19.7 Å². The van der Waals surface area contributed by atoms with E-state index in [1.54, 1.807) is 12.1 Å². The van der Waals surface area contributed by atoms with Crippen molar-refractivity contribution in [3.8, 4) is 11.5 Å². The number of esters is 1. The lowest BCUT2D eigenvalue weighted by Gasteiger charge is -2.26. The minimum absolute atomic E-state index is 0.164. The molecule has 10 nitrogen and oxygen atoms in total. The first-order chi connectivity index (χ1) is 12.5. The summed E-state index contributed by atoms with van der Waals surface area (Å²) >= 11 is 0. The van der Waals surface area contributed by atoms with Gasteiger partial charge in [-0.05, 0) is 18.2 Å². The topological polar surface area (TPSA) is 130 Å². The second-order valence-corrected chi connectivity index (χ2v) is 5.27. The number of rotatable bonds is 6. The fraction of sp³-hybridized carbons (Fsp3) is 0.250. The Morgan fingerprint density at radius 3 is 2.73 bits per heavy atom. The van der Waals surface area contributed by atoms with Crippen LogP contribution in [0.2, 0.25) is 0 Å². The Hall–Kier alpha value is -3.56. The van der Waals surface area contributed by atoms with E-state index in [1.165, 1.54) is 0 Å². The Morgan fingerprint density at radius 1 is 1.23 bits per heavy atom. The van der Waals surface area contributed by atoms with Gasteiger partial charge in [-0.3, -0.25) is 14.9 Å². The average molecular weight is 362 g/mol. The number of hydrogen-bond donors (Lipinski definition) is 1. The molecule has 10 heteroatoms. The molecule has 0 radical (unpaired) electrons. The first-order valence-electron chi connectivity index (χ1n) is 7.59. The van der Waals surface area contributed by atoms with Gasteiger partial charge >= 0.3 is 11.9 Å². The van der Waals surface area contributed by atoms with E-state index in [1.807, 2.05) is 12.1 Å². The number of nitro groups is 1. The van der Waals surface area contributed by atoms with Crippen molar-refractivity contribution in [2.24, 2.45) is 0 Å². The minimum Gasteiger partial charge on any atom is -0.486 e. The molecule has 0 saturated carbocycles. The van der Waals surface area contributed by atoms with Crippen molar-refractivity contribution in [3.63, 3.8) is 0 Å². The summed E-state index contributed by atoms with van der Waals surface area (Å²) in [5.74, 6) is -1.25. The van der Waals surface area contributed by atoms with Crippen LogP contribution in [-0.2, 0) is 9.53 Å². The molecule has 0 bridgehead atoms. The van der Waals surface area contributed by atoms with E-state index in [4.69, 9.17) is 14.2 Å². The largest absolute Gasteiger partial charge is 0.486 e. The number of nitrogens with zero attached hydrogens (tertiary/aromatic N) is 1. The van der Waals surface area contributed by atoms with Gasteiger partial charge in [0.25, 0.3) is 5.91 Å². The molecule has 0 fully saturated rings. The van der Waals surface area contributed by atoms with Crippen molar-refractivity contribution in [2.45, 2.75) is 6.10 Å². The lowest BCUT2D eigenvalue weighted by Crippen LogP contribution is -2.42. The molecule has 1 aliphatic rings. The lowest BCUT2D eigenvalue weighted by atomic mass is 10.2. The molecule has 1 unspecified atom stereocenters. The van der Waals surface area contributed by atoms with Gasteiger partial charge in [0.05, 0.1) is 12.6 Å². The summed E-state index contributed by atoms with van der Waals surface area (Å²) in [7, 11) is 0. The van der Waals surface area contributed by atoms with Gasteiger partial charge in [-0.25, -0.2) is 4.79 Å². The number of ether oxygens (including phenoxy) is 3. The number of para-hydroxylation sites is 2. The van der Waals surface area contributed by atoms with Crippen LogP contribution in [0.15, 0.2) is 40.8 Å². The zero-order valence-electron chi connectivity index (χ0n) is 13.4. The van der Waals surface area contributed by atoms with Crippen molar-refractivity contribution in [1.82, 2.24) is 5.32 Å². The molecular formula is C16H14N2O8. The molecule has 1 aromatic heterocycles. The summed E-state index contributed by atoms with van der Waals surface area (Å²) in [6.45, 7) is -0.123. The molecule has 1 N–H and O–H groups in total. The molecule has 2 heterocycles. The molecule has 2 aromatic rings. The maximum absolute atomic E-state index is 11.8. The quantitative estimate of drug-likeness (QED) is 0.462. The number of furan rings is 1. The number of carbonyl (C=O) groups is 2. The van der Waals surface area contributed by atoms with E-state index < -0.39 is 29.3 Å². The van der Waals surface area contributed by atoms with Crippen molar-refractivity contribution in [1.29, 1.82) is 0 Å². The summed E-state index contributed by atoms with van der Waals surface area (Å²) in [5.41, 5.74) is 0. The van der Waals surface area contributed by atoms with Crippen LogP contribution in [0.25, 0.3) is 0 Å². The third kappa shape index (κ3) is 4.09. The van der Waals surface area contributed by atoms with Crippen LogP contribution in [0.4, 0.5) is 5.88 Å². The van der Waals surface area contributed by atoms with Crippen LogP contribution >= 0.6 is 0 Å². The van der Waals surface area contributed by atoms with Gasteiger partial charge in [0, 0.05) is 0 Å².